The average Bonchev–Trinajstić information content (AvgIpc) is 3.13. The third kappa shape index (κ3) is 1.72. The molecule has 18 heavy (non-hydrogen) atoms. The molecule has 2 N–H and O–H groups in total. The molecule has 0 spiro atoms. The summed E-state index contributed by atoms with van der Waals surface area (Å²) in [6.45, 7) is 4.85. The van der Waals surface area contributed by atoms with Gasteiger partial charge in [0.25, 0.3) is 0 Å². The number of benzene rings is 1. The van der Waals surface area contributed by atoms with E-state index >= 15 is 0 Å². The number of fused-ring (bicyclic) bond motifs is 1. The fourth-order valence-corrected chi connectivity index (χ4v) is 2.60. The van der Waals surface area contributed by atoms with Crippen molar-refractivity contribution >= 4 is 17.0 Å². The van der Waals surface area contributed by atoms with Crippen molar-refractivity contribution in [3.05, 3.63) is 18.2 Å². The topological polar surface area (TPSA) is 53.1 Å². The quantitative estimate of drug-likeness (QED) is 0.901. The Kier molecular flexibility index (Phi) is 2.65. The maximum absolute atomic E-state index is 6.08. The molecule has 1 fully saturated rings. The molecule has 0 amide bonds. The highest BCUT2D eigenvalue weighted by Gasteiger charge is 2.31. The normalized spacial score (nSPS) is 17.0. The largest absolute Gasteiger partial charge is 0.492 e. The Balaban J connectivity index is 2.13. The van der Waals surface area contributed by atoms with Gasteiger partial charge in [-0.1, -0.05) is 6.07 Å². The van der Waals surface area contributed by atoms with Gasteiger partial charge in [-0.3, -0.25) is 0 Å². The lowest BCUT2D eigenvalue weighted by Gasteiger charge is -2.15. The van der Waals surface area contributed by atoms with Gasteiger partial charge in [-0.2, -0.15) is 0 Å². The fourth-order valence-electron chi connectivity index (χ4n) is 2.60. The first kappa shape index (κ1) is 11.4. The second kappa shape index (κ2) is 4.19. The summed E-state index contributed by atoms with van der Waals surface area (Å²) in [7, 11) is 0. The molecule has 0 aliphatic heterocycles. The Bertz CT molecular complexity index is 572. The predicted octanol–water partition coefficient (Wildman–Crippen LogP) is 2.99. The van der Waals surface area contributed by atoms with Gasteiger partial charge in [0.15, 0.2) is 0 Å². The molecule has 1 unspecified atom stereocenters. The van der Waals surface area contributed by atoms with Crippen LogP contribution in [0, 0.1) is 5.92 Å². The lowest BCUT2D eigenvalue weighted by Crippen LogP contribution is -2.10. The van der Waals surface area contributed by atoms with E-state index in [1.54, 1.807) is 0 Å². The predicted molar refractivity (Wildman–Crippen MR) is 72.7 cm³/mol. The number of nitrogens with zero attached hydrogens (tertiary/aromatic N) is 2. The second-order valence-electron chi connectivity index (χ2n) is 4.97. The maximum atomic E-state index is 6.08. The van der Waals surface area contributed by atoms with E-state index in [0.717, 1.165) is 22.7 Å². The number of anilines is 1. The minimum Gasteiger partial charge on any atom is -0.492 e. The summed E-state index contributed by atoms with van der Waals surface area (Å²) < 4.78 is 7.76. The van der Waals surface area contributed by atoms with Crippen LogP contribution in [0.4, 0.5) is 5.95 Å². The zero-order valence-electron chi connectivity index (χ0n) is 10.9. The second-order valence-corrected chi connectivity index (χ2v) is 4.97. The van der Waals surface area contributed by atoms with Gasteiger partial charge in [0, 0.05) is 6.04 Å². The molecule has 1 atom stereocenters. The highest BCUT2D eigenvalue weighted by atomic mass is 16.5. The van der Waals surface area contributed by atoms with Crippen molar-refractivity contribution in [2.45, 2.75) is 32.7 Å². The van der Waals surface area contributed by atoms with Gasteiger partial charge in [-0.05, 0) is 44.7 Å². The van der Waals surface area contributed by atoms with Crippen molar-refractivity contribution in [2.24, 2.45) is 5.92 Å². The molecule has 0 radical (unpaired) electrons. The van der Waals surface area contributed by atoms with Crippen LogP contribution in [0.25, 0.3) is 11.0 Å². The maximum Gasteiger partial charge on any atom is 0.201 e. The molecular formula is C14H19N3O. The Labute approximate surface area is 107 Å². The average molecular weight is 245 g/mol. The zero-order chi connectivity index (χ0) is 12.7. The van der Waals surface area contributed by atoms with Crippen molar-refractivity contribution < 1.29 is 4.74 Å². The summed E-state index contributed by atoms with van der Waals surface area (Å²) in [4.78, 5) is 4.48. The van der Waals surface area contributed by atoms with E-state index in [1.165, 1.54) is 12.8 Å². The Morgan fingerprint density at radius 1 is 1.50 bits per heavy atom. The van der Waals surface area contributed by atoms with Gasteiger partial charge in [0.05, 0.1) is 12.1 Å². The first-order valence-electron chi connectivity index (χ1n) is 6.61. The van der Waals surface area contributed by atoms with Crippen molar-refractivity contribution in [1.29, 1.82) is 0 Å². The van der Waals surface area contributed by atoms with Crippen LogP contribution in [-0.4, -0.2) is 16.2 Å². The minimum absolute atomic E-state index is 0.423. The summed E-state index contributed by atoms with van der Waals surface area (Å²) in [5.41, 5.74) is 8.04. The lowest BCUT2D eigenvalue weighted by atomic mass is 10.2. The number of nitrogen functional groups attached to an aromatic ring is 1. The number of hydrogen-bond acceptors (Lipinski definition) is 3. The standard InChI is InChI=1S/C14H19N3O/c1-3-18-12-6-4-5-11-13(12)16-14(15)17(11)9(2)10-7-8-10/h4-6,9-10H,3,7-8H2,1-2H3,(H2,15,16). The molecule has 1 saturated carbocycles. The van der Waals surface area contributed by atoms with Crippen molar-refractivity contribution in [2.75, 3.05) is 12.3 Å². The van der Waals surface area contributed by atoms with E-state index in [1.807, 2.05) is 19.1 Å². The zero-order valence-corrected chi connectivity index (χ0v) is 10.9. The van der Waals surface area contributed by atoms with Crippen LogP contribution in [0.3, 0.4) is 0 Å². The number of imidazole rings is 1. The molecule has 96 valence electrons. The summed E-state index contributed by atoms with van der Waals surface area (Å²) in [6, 6.07) is 6.45. The van der Waals surface area contributed by atoms with Gasteiger partial charge in [-0.15, -0.1) is 0 Å². The monoisotopic (exact) mass is 245 g/mol. The SMILES string of the molecule is CCOc1cccc2c1nc(N)n2C(C)C1CC1. The van der Waals surface area contributed by atoms with Crippen molar-refractivity contribution in [1.82, 2.24) is 9.55 Å². The van der Waals surface area contributed by atoms with E-state index in [4.69, 9.17) is 10.5 Å². The molecule has 1 heterocycles. The summed E-state index contributed by atoms with van der Waals surface area (Å²) in [5.74, 6) is 2.17. The first-order valence-corrected chi connectivity index (χ1v) is 6.61. The molecule has 3 rings (SSSR count). The van der Waals surface area contributed by atoms with E-state index in [-0.39, 0.29) is 0 Å². The summed E-state index contributed by atoms with van der Waals surface area (Å²) in [5, 5.41) is 0. The first-order chi connectivity index (χ1) is 8.72. The molecule has 1 aliphatic rings. The molecular weight excluding hydrogens is 226 g/mol. The van der Waals surface area contributed by atoms with Gasteiger partial charge in [0.1, 0.15) is 11.3 Å². The molecule has 4 nitrogen and oxygen atoms in total. The van der Waals surface area contributed by atoms with Gasteiger partial charge < -0.3 is 15.0 Å². The third-order valence-corrected chi connectivity index (χ3v) is 3.72. The molecule has 0 saturated heterocycles. The molecule has 4 heteroatoms. The Hall–Kier alpha value is -1.71. The van der Waals surface area contributed by atoms with E-state index in [2.05, 4.69) is 22.5 Å². The number of hydrogen-bond donors (Lipinski definition) is 1. The molecule has 1 aromatic carbocycles. The number of ether oxygens (including phenoxy) is 1. The van der Waals surface area contributed by atoms with Crippen LogP contribution in [0.5, 0.6) is 5.75 Å². The summed E-state index contributed by atoms with van der Waals surface area (Å²) in [6.07, 6.45) is 2.59. The summed E-state index contributed by atoms with van der Waals surface area (Å²) >= 11 is 0. The smallest absolute Gasteiger partial charge is 0.201 e. The molecule has 2 aromatic rings. The van der Waals surface area contributed by atoms with Crippen LogP contribution in [0.15, 0.2) is 18.2 Å². The highest BCUT2D eigenvalue weighted by molar-refractivity contribution is 5.84. The minimum atomic E-state index is 0.423. The van der Waals surface area contributed by atoms with Crippen molar-refractivity contribution in [3.8, 4) is 5.75 Å². The number of para-hydroxylation sites is 1. The highest BCUT2D eigenvalue weighted by Crippen LogP contribution is 2.42. The van der Waals surface area contributed by atoms with E-state index in [0.29, 0.717) is 18.6 Å². The van der Waals surface area contributed by atoms with Crippen LogP contribution < -0.4 is 10.5 Å². The fraction of sp³-hybridized carbons (Fsp3) is 0.500. The van der Waals surface area contributed by atoms with E-state index in [9.17, 15) is 0 Å². The van der Waals surface area contributed by atoms with Gasteiger partial charge >= 0.3 is 0 Å². The van der Waals surface area contributed by atoms with Crippen LogP contribution in [0.1, 0.15) is 32.7 Å². The Morgan fingerprint density at radius 3 is 2.94 bits per heavy atom. The van der Waals surface area contributed by atoms with Crippen LogP contribution >= 0.6 is 0 Å². The molecule has 1 aliphatic carbocycles. The van der Waals surface area contributed by atoms with E-state index < -0.39 is 0 Å². The Morgan fingerprint density at radius 2 is 2.28 bits per heavy atom. The number of rotatable bonds is 4. The number of aromatic nitrogens is 2. The van der Waals surface area contributed by atoms with Crippen molar-refractivity contribution in [3.63, 3.8) is 0 Å². The number of nitrogens with two attached hydrogens (primary N) is 1. The lowest BCUT2D eigenvalue weighted by molar-refractivity contribution is 0.343. The third-order valence-electron chi connectivity index (χ3n) is 3.72. The van der Waals surface area contributed by atoms with Gasteiger partial charge in [-0.25, -0.2) is 4.98 Å². The molecule has 0 bridgehead atoms. The molecule has 1 aromatic heterocycles. The van der Waals surface area contributed by atoms with Crippen LogP contribution in [-0.2, 0) is 0 Å². The van der Waals surface area contributed by atoms with Gasteiger partial charge in [0.2, 0.25) is 5.95 Å². The van der Waals surface area contributed by atoms with Crippen LogP contribution in [0.2, 0.25) is 0 Å².